The summed E-state index contributed by atoms with van der Waals surface area (Å²) in [5.41, 5.74) is 6.32. The molecule has 8 heteroatoms. The zero-order chi connectivity index (χ0) is 15.5. The standard InChI is InChI=1S/C13H17N3O4S/c14-7-10-1-3-11(4-2-10)21(19,20)6-5-16-8-12(17)15-13(18)9-16/h1-4H,5-9,14H2,(H,15,17,18). The minimum atomic E-state index is -3.45. The Morgan fingerprint density at radius 1 is 1.10 bits per heavy atom. The fraction of sp³-hybridized carbons (Fsp3) is 0.385. The largest absolute Gasteiger partial charge is 0.326 e. The molecule has 0 spiro atoms. The second kappa shape index (κ2) is 6.33. The maximum Gasteiger partial charge on any atom is 0.240 e. The van der Waals surface area contributed by atoms with Crippen LogP contribution in [0.4, 0.5) is 0 Å². The van der Waals surface area contributed by atoms with Crippen LogP contribution in [-0.2, 0) is 26.0 Å². The van der Waals surface area contributed by atoms with Gasteiger partial charge in [-0.3, -0.25) is 19.8 Å². The molecule has 0 atom stereocenters. The Kier molecular flexibility index (Phi) is 4.71. The summed E-state index contributed by atoms with van der Waals surface area (Å²) < 4.78 is 24.4. The third kappa shape index (κ3) is 4.10. The summed E-state index contributed by atoms with van der Waals surface area (Å²) in [6.07, 6.45) is 0. The summed E-state index contributed by atoms with van der Waals surface area (Å²) in [7, 11) is -3.45. The van der Waals surface area contributed by atoms with Crippen molar-refractivity contribution < 1.29 is 18.0 Å². The lowest BCUT2D eigenvalue weighted by molar-refractivity contribution is -0.135. The van der Waals surface area contributed by atoms with Crippen molar-refractivity contribution >= 4 is 21.7 Å². The minimum Gasteiger partial charge on any atom is -0.326 e. The first-order valence-electron chi connectivity index (χ1n) is 6.47. The Hall–Kier alpha value is -1.77. The second-order valence-electron chi connectivity index (χ2n) is 4.85. The Bertz CT molecular complexity index is 624. The number of imide groups is 1. The quantitative estimate of drug-likeness (QED) is 0.667. The van der Waals surface area contributed by atoms with E-state index in [0.29, 0.717) is 6.54 Å². The van der Waals surface area contributed by atoms with Crippen molar-refractivity contribution in [3.63, 3.8) is 0 Å². The molecule has 1 aromatic rings. The second-order valence-corrected chi connectivity index (χ2v) is 6.96. The smallest absolute Gasteiger partial charge is 0.240 e. The van der Waals surface area contributed by atoms with Crippen LogP contribution in [0.25, 0.3) is 0 Å². The van der Waals surface area contributed by atoms with Crippen LogP contribution in [-0.4, -0.2) is 50.5 Å². The Labute approximate surface area is 123 Å². The predicted octanol–water partition coefficient (Wildman–Crippen LogP) is -1.12. The number of nitrogens with zero attached hydrogens (tertiary/aromatic N) is 1. The monoisotopic (exact) mass is 311 g/mol. The van der Waals surface area contributed by atoms with Gasteiger partial charge in [-0.15, -0.1) is 0 Å². The number of sulfone groups is 1. The van der Waals surface area contributed by atoms with Crippen molar-refractivity contribution in [3.05, 3.63) is 29.8 Å². The zero-order valence-corrected chi connectivity index (χ0v) is 12.2. The van der Waals surface area contributed by atoms with Gasteiger partial charge in [0, 0.05) is 13.1 Å². The summed E-state index contributed by atoms with van der Waals surface area (Å²) in [5.74, 6) is -0.956. The van der Waals surface area contributed by atoms with Crippen LogP contribution in [0.15, 0.2) is 29.2 Å². The topological polar surface area (TPSA) is 110 Å². The number of hydrogen-bond donors (Lipinski definition) is 2. The first-order chi connectivity index (χ1) is 9.90. The fourth-order valence-electron chi connectivity index (χ4n) is 2.05. The van der Waals surface area contributed by atoms with E-state index >= 15 is 0 Å². The third-order valence-corrected chi connectivity index (χ3v) is 4.92. The van der Waals surface area contributed by atoms with Crippen molar-refractivity contribution in [1.29, 1.82) is 0 Å². The van der Waals surface area contributed by atoms with Gasteiger partial charge >= 0.3 is 0 Å². The Morgan fingerprint density at radius 3 is 2.19 bits per heavy atom. The number of rotatable bonds is 5. The van der Waals surface area contributed by atoms with Crippen molar-refractivity contribution in [2.45, 2.75) is 11.4 Å². The maximum absolute atomic E-state index is 12.2. The fourth-order valence-corrected chi connectivity index (χ4v) is 3.34. The first-order valence-corrected chi connectivity index (χ1v) is 8.13. The molecule has 114 valence electrons. The van der Waals surface area contributed by atoms with E-state index in [4.69, 9.17) is 5.73 Å². The van der Waals surface area contributed by atoms with E-state index in [2.05, 4.69) is 5.32 Å². The average molecular weight is 311 g/mol. The van der Waals surface area contributed by atoms with Crippen LogP contribution in [0, 0.1) is 0 Å². The van der Waals surface area contributed by atoms with E-state index in [0.717, 1.165) is 5.56 Å². The molecule has 1 heterocycles. The van der Waals surface area contributed by atoms with Crippen LogP contribution in [0.1, 0.15) is 5.56 Å². The van der Waals surface area contributed by atoms with Crippen molar-refractivity contribution in [1.82, 2.24) is 10.2 Å². The van der Waals surface area contributed by atoms with Gasteiger partial charge in [0.25, 0.3) is 0 Å². The molecule has 2 rings (SSSR count). The molecule has 0 aromatic heterocycles. The van der Waals surface area contributed by atoms with Crippen LogP contribution >= 0.6 is 0 Å². The molecule has 0 unspecified atom stereocenters. The Morgan fingerprint density at radius 2 is 1.67 bits per heavy atom. The lowest BCUT2D eigenvalue weighted by Gasteiger charge is -2.24. The number of nitrogens with one attached hydrogen (secondary N) is 1. The molecule has 1 aromatic carbocycles. The Balaban J connectivity index is 2.00. The minimum absolute atomic E-state index is 0.0351. The summed E-state index contributed by atoms with van der Waals surface area (Å²) in [6, 6.07) is 6.38. The van der Waals surface area contributed by atoms with Crippen molar-refractivity contribution in [2.24, 2.45) is 5.73 Å². The number of hydrogen-bond acceptors (Lipinski definition) is 6. The predicted molar refractivity (Wildman–Crippen MR) is 76.0 cm³/mol. The summed E-state index contributed by atoms with van der Waals surface area (Å²) in [5, 5.41) is 2.17. The van der Waals surface area contributed by atoms with Crippen LogP contribution in [0.2, 0.25) is 0 Å². The van der Waals surface area contributed by atoms with Crippen molar-refractivity contribution in [2.75, 3.05) is 25.4 Å². The summed E-state index contributed by atoms with van der Waals surface area (Å²) >= 11 is 0. The molecule has 0 bridgehead atoms. The number of amides is 2. The molecular formula is C13H17N3O4S. The van der Waals surface area contributed by atoms with Gasteiger partial charge in [-0.25, -0.2) is 8.42 Å². The van der Waals surface area contributed by atoms with E-state index in [9.17, 15) is 18.0 Å². The van der Waals surface area contributed by atoms with Crippen LogP contribution < -0.4 is 11.1 Å². The lowest BCUT2D eigenvalue weighted by Crippen LogP contribution is -2.52. The number of piperazine rings is 1. The van der Waals surface area contributed by atoms with Gasteiger partial charge in [0.05, 0.1) is 23.7 Å². The van der Waals surface area contributed by atoms with Gasteiger partial charge in [-0.05, 0) is 17.7 Å². The molecule has 1 aliphatic rings. The van der Waals surface area contributed by atoms with E-state index in [1.807, 2.05) is 0 Å². The normalized spacial score (nSPS) is 16.8. The molecule has 21 heavy (non-hydrogen) atoms. The molecule has 0 saturated carbocycles. The number of benzene rings is 1. The molecule has 1 aliphatic heterocycles. The van der Waals surface area contributed by atoms with E-state index in [1.165, 1.54) is 17.0 Å². The SMILES string of the molecule is NCc1ccc(S(=O)(=O)CCN2CC(=O)NC(=O)C2)cc1. The molecule has 1 saturated heterocycles. The van der Waals surface area contributed by atoms with Gasteiger partial charge < -0.3 is 5.73 Å². The highest BCUT2D eigenvalue weighted by molar-refractivity contribution is 7.91. The van der Waals surface area contributed by atoms with Gasteiger partial charge in [0.15, 0.2) is 9.84 Å². The molecule has 3 N–H and O–H groups in total. The van der Waals surface area contributed by atoms with Gasteiger partial charge in [-0.2, -0.15) is 0 Å². The summed E-state index contributed by atoms with van der Waals surface area (Å²) in [6.45, 7) is 0.562. The number of carbonyl (C=O) groups excluding carboxylic acids is 2. The maximum atomic E-state index is 12.2. The molecule has 0 aliphatic carbocycles. The van der Waals surface area contributed by atoms with Crippen LogP contribution in [0.3, 0.4) is 0 Å². The van der Waals surface area contributed by atoms with Gasteiger partial charge in [0.1, 0.15) is 0 Å². The first kappa shape index (κ1) is 15.6. The molecule has 0 radical (unpaired) electrons. The lowest BCUT2D eigenvalue weighted by atomic mass is 10.2. The molecular weight excluding hydrogens is 294 g/mol. The van der Waals surface area contributed by atoms with E-state index in [1.54, 1.807) is 12.1 Å². The molecule has 1 fully saturated rings. The van der Waals surface area contributed by atoms with Crippen LogP contribution in [0.5, 0.6) is 0 Å². The third-order valence-electron chi connectivity index (χ3n) is 3.21. The highest BCUT2D eigenvalue weighted by Crippen LogP contribution is 2.13. The molecule has 7 nitrogen and oxygen atoms in total. The van der Waals surface area contributed by atoms with E-state index in [-0.39, 0.29) is 30.3 Å². The zero-order valence-electron chi connectivity index (χ0n) is 11.4. The highest BCUT2D eigenvalue weighted by atomic mass is 32.2. The van der Waals surface area contributed by atoms with E-state index < -0.39 is 21.7 Å². The highest BCUT2D eigenvalue weighted by Gasteiger charge is 2.24. The average Bonchev–Trinajstić information content (AvgIpc) is 2.44. The van der Waals surface area contributed by atoms with Gasteiger partial charge in [0.2, 0.25) is 11.8 Å². The summed E-state index contributed by atoms with van der Waals surface area (Å²) in [4.78, 5) is 24.2. The number of carbonyl (C=O) groups is 2. The number of nitrogens with two attached hydrogens (primary N) is 1. The van der Waals surface area contributed by atoms with Gasteiger partial charge in [-0.1, -0.05) is 12.1 Å². The van der Waals surface area contributed by atoms with Crippen molar-refractivity contribution in [3.8, 4) is 0 Å². The molecule has 2 amide bonds.